The van der Waals surface area contributed by atoms with Crippen molar-refractivity contribution in [3.05, 3.63) is 58.1 Å². The monoisotopic (exact) mass is 432 g/mol. The fourth-order valence-corrected chi connectivity index (χ4v) is 3.77. The summed E-state index contributed by atoms with van der Waals surface area (Å²) in [5.74, 6) is -1.59. The van der Waals surface area contributed by atoms with Crippen molar-refractivity contribution in [3.63, 3.8) is 0 Å². The van der Waals surface area contributed by atoms with E-state index < -0.39 is 55.5 Å². The Labute approximate surface area is 175 Å². The Morgan fingerprint density at radius 1 is 0.903 bits per heavy atom. The molecule has 1 saturated heterocycles. The zero-order valence-corrected chi connectivity index (χ0v) is 16.0. The zero-order valence-electron chi connectivity index (χ0n) is 16.0. The van der Waals surface area contributed by atoms with Gasteiger partial charge in [0.05, 0.1) is 18.8 Å². The number of benzene rings is 2. The van der Waals surface area contributed by atoms with E-state index in [2.05, 4.69) is 0 Å². The van der Waals surface area contributed by atoms with Gasteiger partial charge in [0.2, 0.25) is 6.29 Å². The number of rotatable bonds is 4. The van der Waals surface area contributed by atoms with Crippen LogP contribution in [0.1, 0.15) is 37.4 Å². The maximum Gasteiger partial charge on any atom is 0.229 e. The first-order valence-corrected chi connectivity index (χ1v) is 9.44. The lowest BCUT2D eigenvalue weighted by Crippen LogP contribution is -2.60. The fraction of sp³-hybridized carbons (Fsp3) is 0.333. The number of carbonyl (C=O) groups is 2. The zero-order chi connectivity index (χ0) is 22.4. The van der Waals surface area contributed by atoms with Crippen LogP contribution >= 0.6 is 0 Å². The Hall–Kier alpha value is -2.86. The molecule has 0 saturated carbocycles. The van der Waals surface area contributed by atoms with Gasteiger partial charge in [-0.1, -0.05) is 12.1 Å². The molecule has 0 radical (unpaired) electrons. The minimum absolute atomic E-state index is 0.00744. The van der Waals surface area contributed by atoms with Crippen LogP contribution in [0.3, 0.4) is 0 Å². The van der Waals surface area contributed by atoms with Gasteiger partial charge in [0, 0.05) is 22.3 Å². The van der Waals surface area contributed by atoms with Crippen molar-refractivity contribution in [1.82, 2.24) is 0 Å². The summed E-state index contributed by atoms with van der Waals surface area (Å²) < 4.78 is 10.9. The maximum absolute atomic E-state index is 12.9. The molecule has 0 amide bonds. The first-order chi connectivity index (χ1) is 14.8. The molecule has 2 aromatic carbocycles. The number of fused-ring (bicyclic) bond motifs is 2. The molecule has 1 heterocycles. The number of aromatic hydroxyl groups is 1. The summed E-state index contributed by atoms with van der Waals surface area (Å²) in [7, 11) is 0. The average Bonchev–Trinajstić information content (AvgIpc) is 2.77. The predicted octanol–water partition coefficient (Wildman–Crippen LogP) is -1.16. The molecule has 31 heavy (non-hydrogen) atoms. The van der Waals surface area contributed by atoms with Gasteiger partial charge in [0.15, 0.2) is 11.6 Å². The fourth-order valence-electron chi connectivity index (χ4n) is 3.77. The lowest BCUT2D eigenvalue weighted by atomic mass is 9.82. The molecule has 6 N–H and O–H groups in total. The number of phenols is 1. The summed E-state index contributed by atoms with van der Waals surface area (Å²) >= 11 is 0. The molecule has 0 aromatic heterocycles. The van der Waals surface area contributed by atoms with E-state index >= 15 is 0 Å². The van der Waals surface area contributed by atoms with Crippen molar-refractivity contribution in [1.29, 1.82) is 0 Å². The van der Waals surface area contributed by atoms with E-state index in [1.165, 1.54) is 30.3 Å². The second-order valence-corrected chi connectivity index (χ2v) is 7.34. The van der Waals surface area contributed by atoms with E-state index in [1.807, 2.05) is 0 Å². The van der Waals surface area contributed by atoms with E-state index in [-0.39, 0.29) is 39.3 Å². The van der Waals surface area contributed by atoms with Crippen LogP contribution in [0.4, 0.5) is 0 Å². The molecule has 4 rings (SSSR count). The molecule has 1 aliphatic heterocycles. The first kappa shape index (κ1) is 21.4. The molecule has 0 spiro atoms. The van der Waals surface area contributed by atoms with Crippen LogP contribution in [-0.4, -0.2) is 79.5 Å². The van der Waals surface area contributed by atoms with Crippen LogP contribution in [0.5, 0.6) is 11.5 Å². The van der Waals surface area contributed by atoms with Gasteiger partial charge in [0.25, 0.3) is 0 Å². The standard InChI is InChI=1S/C21H20O10/c22-6-8-4-10-11(16(25)9-2-1-3-12(24)15(9)17(10)26)5-13(8)30-21-20(29)19(28)18(27)14(7-23)31-21/h1-5,14,18-24,27-29H,6-7H2/t14-,18-,19+,20-,21-/m1/s1. The minimum atomic E-state index is -1.70. The Kier molecular flexibility index (Phi) is 5.52. The Morgan fingerprint density at radius 2 is 1.61 bits per heavy atom. The van der Waals surface area contributed by atoms with Gasteiger partial charge in [-0.2, -0.15) is 0 Å². The molecule has 1 fully saturated rings. The number of carbonyl (C=O) groups excluding carboxylic acids is 2. The normalized spacial score (nSPS) is 27.6. The second kappa shape index (κ2) is 8.00. The quantitative estimate of drug-likeness (QED) is 0.295. The summed E-state index contributed by atoms with van der Waals surface area (Å²) in [6.07, 6.45) is -7.70. The molecule has 0 unspecified atom stereocenters. The predicted molar refractivity (Wildman–Crippen MR) is 102 cm³/mol. The molecule has 1 aliphatic carbocycles. The molecule has 10 heteroatoms. The Morgan fingerprint density at radius 3 is 2.29 bits per heavy atom. The maximum atomic E-state index is 12.9. The summed E-state index contributed by atoms with van der Waals surface area (Å²) in [6, 6.07) is 6.56. The van der Waals surface area contributed by atoms with Crippen LogP contribution in [0.15, 0.2) is 30.3 Å². The summed E-state index contributed by atoms with van der Waals surface area (Å²) in [4.78, 5) is 25.8. The van der Waals surface area contributed by atoms with Gasteiger partial charge in [-0.15, -0.1) is 0 Å². The van der Waals surface area contributed by atoms with Gasteiger partial charge >= 0.3 is 0 Å². The highest BCUT2D eigenvalue weighted by molar-refractivity contribution is 6.29. The van der Waals surface area contributed by atoms with Crippen molar-refractivity contribution < 1.29 is 49.7 Å². The number of aliphatic hydroxyl groups excluding tert-OH is 5. The molecule has 164 valence electrons. The molecular formula is C21H20O10. The van der Waals surface area contributed by atoms with Gasteiger partial charge in [-0.25, -0.2) is 0 Å². The SMILES string of the molecule is O=C1c2cc(O[C@@H]3O[C@H](CO)[C@@H](O)[C@H](O)[C@H]3O)c(CO)cc2C(=O)c2c(O)cccc21. The van der Waals surface area contributed by atoms with Crippen molar-refractivity contribution in [2.45, 2.75) is 37.3 Å². The molecule has 0 bridgehead atoms. The van der Waals surface area contributed by atoms with E-state index in [0.717, 1.165) is 0 Å². The van der Waals surface area contributed by atoms with E-state index in [1.54, 1.807) is 0 Å². The third-order valence-electron chi connectivity index (χ3n) is 5.47. The minimum Gasteiger partial charge on any atom is -0.507 e. The van der Waals surface area contributed by atoms with Gasteiger partial charge in [-0.05, 0) is 18.2 Å². The second-order valence-electron chi connectivity index (χ2n) is 7.34. The third-order valence-corrected chi connectivity index (χ3v) is 5.47. The highest BCUT2D eigenvalue weighted by atomic mass is 16.7. The van der Waals surface area contributed by atoms with Crippen LogP contribution in [0.2, 0.25) is 0 Å². The summed E-state index contributed by atoms with van der Waals surface area (Å²) in [5.41, 5.74) is -0.126. The van der Waals surface area contributed by atoms with Crippen LogP contribution in [0, 0.1) is 0 Å². The van der Waals surface area contributed by atoms with Crippen LogP contribution in [-0.2, 0) is 11.3 Å². The number of hydrogen-bond donors (Lipinski definition) is 6. The van der Waals surface area contributed by atoms with E-state index in [0.29, 0.717) is 0 Å². The lowest BCUT2D eigenvalue weighted by molar-refractivity contribution is -0.277. The molecule has 5 atom stereocenters. The van der Waals surface area contributed by atoms with Gasteiger partial charge in [0.1, 0.15) is 35.9 Å². The van der Waals surface area contributed by atoms with E-state index in [4.69, 9.17) is 9.47 Å². The van der Waals surface area contributed by atoms with Crippen LogP contribution < -0.4 is 4.74 Å². The van der Waals surface area contributed by atoms with Crippen molar-refractivity contribution >= 4 is 11.6 Å². The lowest BCUT2D eigenvalue weighted by Gasteiger charge is -2.39. The number of ketones is 2. The van der Waals surface area contributed by atoms with Gasteiger partial charge in [-0.3, -0.25) is 9.59 Å². The highest BCUT2D eigenvalue weighted by Gasteiger charge is 2.45. The number of aliphatic hydroxyl groups is 5. The van der Waals surface area contributed by atoms with Gasteiger partial charge < -0.3 is 40.1 Å². The molecular weight excluding hydrogens is 412 g/mol. The number of ether oxygens (including phenoxy) is 2. The largest absolute Gasteiger partial charge is 0.507 e. The number of hydrogen-bond acceptors (Lipinski definition) is 10. The Bertz CT molecular complexity index is 1050. The van der Waals surface area contributed by atoms with Crippen molar-refractivity contribution in [3.8, 4) is 11.5 Å². The molecule has 2 aliphatic rings. The highest BCUT2D eigenvalue weighted by Crippen LogP contribution is 2.36. The third kappa shape index (κ3) is 3.39. The van der Waals surface area contributed by atoms with Crippen molar-refractivity contribution in [2.75, 3.05) is 6.61 Å². The van der Waals surface area contributed by atoms with E-state index in [9.17, 15) is 40.2 Å². The van der Waals surface area contributed by atoms with Crippen molar-refractivity contribution in [2.24, 2.45) is 0 Å². The smallest absolute Gasteiger partial charge is 0.229 e. The first-order valence-electron chi connectivity index (χ1n) is 9.44. The summed E-state index contributed by atoms with van der Waals surface area (Å²) in [5, 5.41) is 59.1. The number of phenolic OH excluding ortho intramolecular Hbond substituents is 1. The van der Waals surface area contributed by atoms with Crippen LogP contribution in [0.25, 0.3) is 0 Å². The summed E-state index contributed by atoms with van der Waals surface area (Å²) in [6.45, 7) is -1.26. The Balaban J connectivity index is 1.74. The average molecular weight is 432 g/mol. The molecule has 2 aromatic rings. The molecule has 10 nitrogen and oxygen atoms in total. The topological polar surface area (TPSA) is 174 Å².